The van der Waals surface area contributed by atoms with Gasteiger partial charge in [-0.2, -0.15) is 0 Å². The van der Waals surface area contributed by atoms with Crippen molar-refractivity contribution in [1.29, 1.82) is 0 Å². The zero-order chi connectivity index (χ0) is 20.8. The molecule has 1 aliphatic rings. The van der Waals surface area contributed by atoms with E-state index in [0.29, 0.717) is 17.1 Å². The lowest BCUT2D eigenvalue weighted by molar-refractivity contribution is -0.125. The Labute approximate surface area is 175 Å². The van der Waals surface area contributed by atoms with Gasteiger partial charge < -0.3 is 14.8 Å². The molecule has 1 N–H and O–H groups in total. The van der Waals surface area contributed by atoms with Crippen LogP contribution in [0.15, 0.2) is 78.9 Å². The molecule has 1 amide bonds. The Kier molecular flexibility index (Phi) is 6.09. The largest absolute Gasteiger partial charge is 0.457 e. The maximum atomic E-state index is 12.4. The highest BCUT2D eigenvalue weighted by atomic mass is 16.5. The Hall–Kier alpha value is -3.60. The smallest absolute Gasteiger partial charge is 0.338 e. The molecule has 1 aliphatic carbocycles. The van der Waals surface area contributed by atoms with Gasteiger partial charge in [0.15, 0.2) is 6.61 Å². The van der Waals surface area contributed by atoms with E-state index in [1.54, 1.807) is 24.3 Å². The van der Waals surface area contributed by atoms with E-state index in [9.17, 15) is 9.59 Å². The van der Waals surface area contributed by atoms with Crippen LogP contribution in [-0.2, 0) is 16.0 Å². The van der Waals surface area contributed by atoms with Crippen LogP contribution < -0.4 is 10.1 Å². The number of aryl methyl sites for hydroxylation is 1. The number of amides is 1. The average molecular weight is 401 g/mol. The summed E-state index contributed by atoms with van der Waals surface area (Å²) in [6.45, 7) is -0.318. The third kappa shape index (κ3) is 4.87. The first kappa shape index (κ1) is 19.7. The minimum absolute atomic E-state index is 0.0382. The molecule has 152 valence electrons. The zero-order valence-electron chi connectivity index (χ0n) is 16.5. The molecule has 4 rings (SSSR count). The topological polar surface area (TPSA) is 64.6 Å². The second kappa shape index (κ2) is 9.27. The molecule has 0 aliphatic heterocycles. The number of carbonyl (C=O) groups is 2. The van der Waals surface area contributed by atoms with Gasteiger partial charge in [-0.1, -0.05) is 48.5 Å². The molecule has 5 heteroatoms. The summed E-state index contributed by atoms with van der Waals surface area (Å²) in [5, 5.41) is 2.99. The van der Waals surface area contributed by atoms with Gasteiger partial charge in [-0.25, -0.2) is 4.79 Å². The number of carbonyl (C=O) groups excluding carboxylic acids is 2. The van der Waals surface area contributed by atoms with Crippen molar-refractivity contribution in [2.45, 2.75) is 25.3 Å². The fourth-order valence-corrected chi connectivity index (χ4v) is 3.67. The Morgan fingerprint density at radius 3 is 2.53 bits per heavy atom. The van der Waals surface area contributed by atoms with Crippen molar-refractivity contribution in [2.75, 3.05) is 6.61 Å². The first-order chi connectivity index (χ1) is 14.7. The van der Waals surface area contributed by atoms with Gasteiger partial charge >= 0.3 is 5.97 Å². The highest BCUT2D eigenvalue weighted by Crippen LogP contribution is 2.29. The molecule has 1 atom stereocenters. The summed E-state index contributed by atoms with van der Waals surface area (Å²) in [4.78, 5) is 24.7. The number of rotatable bonds is 6. The van der Waals surface area contributed by atoms with Gasteiger partial charge in [0.1, 0.15) is 11.5 Å². The van der Waals surface area contributed by atoms with Gasteiger partial charge in [0, 0.05) is 0 Å². The second-order valence-electron chi connectivity index (χ2n) is 7.23. The molecule has 0 bridgehead atoms. The van der Waals surface area contributed by atoms with Crippen molar-refractivity contribution >= 4 is 11.9 Å². The summed E-state index contributed by atoms with van der Waals surface area (Å²) in [6.07, 6.45) is 2.93. The molecular weight excluding hydrogens is 378 g/mol. The van der Waals surface area contributed by atoms with Crippen molar-refractivity contribution in [3.8, 4) is 11.5 Å². The molecule has 0 heterocycles. The molecule has 3 aromatic carbocycles. The molecule has 0 aromatic heterocycles. The van der Waals surface area contributed by atoms with Crippen LogP contribution in [0.2, 0.25) is 0 Å². The van der Waals surface area contributed by atoms with Crippen molar-refractivity contribution < 1.29 is 19.1 Å². The lowest BCUT2D eigenvalue weighted by atomic mass is 9.88. The Bertz CT molecular complexity index is 1030. The van der Waals surface area contributed by atoms with Crippen LogP contribution in [0.25, 0.3) is 0 Å². The Morgan fingerprint density at radius 2 is 1.67 bits per heavy atom. The molecule has 5 nitrogen and oxygen atoms in total. The number of esters is 1. The molecule has 0 spiro atoms. The Balaban J connectivity index is 1.33. The van der Waals surface area contributed by atoms with E-state index in [-0.39, 0.29) is 18.6 Å². The minimum atomic E-state index is -0.562. The number of fused-ring (bicyclic) bond motifs is 1. The molecule has 3 aromatic rings. The summed E-state index contributed by atoms with van der Waals surface area (Å²) in [6, 6.07) is 24.1. The van der Waals surface area contributed by atoms with Crippen molar-refractivity contribution in [1.82, 2.24) is 5.32 Å². The summed E-state index contributed by atoms with van der Waals surface area (Å²) in [7, 11) is 0. The molecule has 0 radical (unpaired) electrons. The van der Waals surface area contributed by atoms with E-state index in [0.717, 1.165) is 24.8 Å². The van der Waals surface area contributed by atoms with Crippen LogP contribution in [-0.4, -0.2) is 18.5 Å². The SMILES string of the molecule is O=C(COC(=O)c1cccc(Oc2ccccc2)c1)N[C@@H]1CCCc2ccccc21. The Morgan fingerprint density at radius 1 is 0.900 bits per heavy atom. The maximum Gasteiger partial charge on any atom is 0.338 e. The molecule has 30 heavy (non-hydrogen) atoms. The maximum absolute atomic E-state index is 12.4. The third-order valence-electron chi connectivity index (χ3n) is 5.09. The van der Waals surface area contributed by atoms with Crippen LogP contribution in [0, 0.1) is 0 Å². The van der Waals surface area contributed by atoms with Gasteiger partial charge in [-0.15, -0.1) is 0 Å². The van der Waals surface area contributed by atoms with Crippen LogP contribution in [0.5, 0.6) is 11.5 Å². The van der Waals surface area contributed by atoms with E-state index in [2.05, 4.69) is 11.4 Å². The van der Waals surface area contributed by atoms with Crippen molar-refractivity contribution in [3.63, 3.8) is 0 Å². The lowest BCUT2D eigenvalue weighted by Crippen LogP contribution is -2.34. The standard InChI is InChI=1S/C25H23NO4/c27-24(26-23-15-7-9-18-8-4-5-14-22(18)23)17-29-25(28)19-10-6-13-21(16-19)30-20-11-2-1-3-12-20/h1-6,8,10-14,16,23H,7,9,15,17H2,(H,26,27)/t23-/m1/s1. The van der Waals surface area contributed by atoms with Gasteiger partial charge in [0.25, 0.3) is 5.91 Å². The quantitative estimate of drug-likeness (QED) is 0.601. The van der Waals surface area contributed by atoms with E-state index >= 15 is 0 Å². The number of para-hydroxylation sites is 1. The fourth-order valence-electron chi connectivity index (χ4n) is 3.67. The predicted octanol–water partition coefficient (Wildman–Crippen LogP) is 4.83. The summed E-state index contributed by atoms with van der Waals surface area (Å²) < 4.78 is 11.0. The number of nitrogens with one attached hydrogen (secondary N) is 1. The fraction of sp³-hybridized carbons (Fsp3) is 0.200. The van der Waals surface area contributed by atoms with Gasteiger partial charge in [0.2, 0.25) is 0 Å². The van der Waals surface area contributed by atoms with E-state index in [1.807, 2.05) is 48.5 Å². The zero-order valence-corrected chi connectivity index (χ0v) is 16.5. The van der Waals surface area contributed by atoms with Gasteiger partial charge in [-0.3, -0.25) is 4.79 Å². The molecule has 0 unspecified atom stereocenters. The van der Waals surface area contributed by atoms with E-state index < -0.39 is 5.97 Å². The molecule has 0 fully saturated rings. The predicted molar refractivity (Wildman–Crippen MR) is 114 cm³/mol. The highest BCUT2D eigenvalue weighted by Gasteiger charge is 2.22. The minimum Gasteiger partial charge on any atom is -0.457 e. The van der Waals surface area contributed by atoms with Crippen molar-refractivity contribution in [2.24, 2.45) is 0 Å². The monoisotopic (exact) mass is 401 g/mol. The molecular formula is C25H23NO4. The number of benzene rings is 3. The number of hydrogen-bond acceptors (Lipinski definition) is 4. The third-order valence-corrected chi connectivity index (χ3v) is 5.09. The first-order valence-electron chi connectivity index (χ1n) is 10.1. The van der Waals surface area contributed by atoms with Crippen LogP contribution in [0.3, 0.4) is 0 Å². The van der Waals surface area contributed by atoms with Crippen LogP contribution in [0.4, 0.5) is 0 Å². The second-order valence-corrected chi connectivity index (χ2v) is 7.23. The van der Waals surface area contributed by atoms with Crippen LogP contribution in [0.1, 0.15) is 40.4 Å². The molecule has 0 saturated heterocycles. The van der Waals surface area contributed by atoms with Gasteiger partial charge in [-0.05, 0) is 60.7 Å². The number of ether oxygens (including phenoxy) is 2. The normalized spacial score (nSPS) is 15.0. The van der Waals surface area contributed by atoms with E-state index in [4.69, 9.17) is 9.47 Å². The molecule has 0 saturated carbocycles. The average Bonchev–Trinajstić information content (AvgIpc) is 2.78. The first-order valence-corrected chi connectivity index (χ1v) is 10.1. The van der Waals surface area contributed by atoms with E-state index in [1.165, 1.54) is 5.56 Å². The lowest BCUT2D eigenvalue weighted by Gasteiger charge is -2.26. The van der Waals surface area contributed by atoms with Gasteiger partial charge in [0.05, 0.1) is 11.6 Å². The summed E-state index contributed by atoms with van der Waals surface area (Å²) in [5.41, 5.74) is 2.75. The highest BCUT2D eigenvalue weighted by molar-refractivity contribution is 5.91. The van der Waals surface area contributed by atoms with Crippen molar-refractivity contribution in [3.05, 3.63) is 95.6 Å². The summed E-state index contributed by atoms with van der Waals surface area (Å²) in [5.74, 6) is 0.337. The summed E-state index contributed by atoms with van der Waals surface area (Å²) >= 11 is 0. The van der Waals surface area contributed by atoms with Crippen LogP contribution >= 0.6 is 0 Å². The number of hydrogen-bond donors (Lipinski definition) is 1.